The van der Waals surface area contributed by atoms with Gasteiger partial charge in [0.1, 0.15) is 23.0 Å². The van der Waals surface area contributed by atoms with Gasteiger partial charge in [0.05, 0.1) is 23.0 Å². The molecule has 0 radical (unpaired) electrons. The lowest BCUT2D eigenvalue weighted by molar-refractivity contribution is -0.223. The van der Waals surface area contributed by atoms with Crippen molar-refractivity contribution in [2.45, 2.75) is 450 Å². The molecule has 0 aromatic heterocycles. The average molecular weight is 1940 g/mol. The number of esters is 2. The number of carboxylic acid groups (broad SMARTS) is 4. The van der Waals surface area contributed by atoms with E-state index < -0.39 is 86.8 Å². The zero-order valence-corrected chi connectivity index (χ0v) is 93.0. The first kappa shape index (κ1) is 106. The van der Waals surface area contributed by atoms with E-state index in [2.05, 4.69) is 190 Å². The smallest absolute Gasteiger partial charge is 0.313 e. The van der Waals surface area contributed by atoms with E-state index in [-0.39, 0.29) is 118 Å². The second-order valence-electron chi connectivity index (χ2n) is 58.9. The van der Waals surface area contributed by atoms with Crippen molar-refractivity contribution >= 4 is 47.4 Å². The lowest BCUT2D eigenvalue weighted by atomic mass is 9.33. The van der Waals surface area contributed by atoms with Gasteiger partial charge in [-0.2, -0.15) is 0 Å². The van der Waals surface area contributed by atoms with Gasteiger partial charge in [-0.3, -0.25) is 38.4 Å². The van der Waals surface area contributed by atoms with Gasteiger partial charge in [0.25, 0.3) is 0 Å². The van der Waals surface area contributed by atoms with Crippen LogP contribution in [0.1, 0.15) is 426 Å². The highest BCUT2D eigenvalue weighted by molar-refractivity contribution is 5.97. The number of aliphatic carboxylic acids is 4. The molecule has 6 N–H and O–H groups in total. The van der Waals surface area contributed by atoms with Crippen molar-refractivity contribution < 1.29 is 78.5 Å². The number of hydrogen-bond acceptors (Lipinski definition) is 12. The summed E-state index contributed by atoms with van der Waals surface area (Å²) in [6.45, 7) is 68.7. The molecule has 784 valence electrons. The largest absolute Gasteiger partial charge is 0.481 e. The van der Waals surface area contributed by atoms with Crippen LogP contribution >= 0.6 is 0 Å². The quantitative estimate of drug-likeness (QED) is 0.107. The summed E-state index contributed by atoms with van der Waals surface area (Å²) in [5.41, 5.74) is 2.55. The van der Waals surface area contributed by atoms with Crippen LogP contribution in [0.15, 0.2) is 46.6 Å². The third-order valence-corrected chi connectivity index (χ3v) is 54.0. The molecule has 16 heteroatoms. The fourth-order valence-corrected chi connectivity index (χ4v) is 43.7. The molecule has 0 saturated heterocycles. The summed E-state index contributed by atoms with van der Waals surface area (Å²) in [6.07, 6.45) is 41.8. The Kier molecular flexibility index (Phi) is 26.0. The first-order valence-electron chi connectivity index (χ1n) is 57.2. The molecule has 0 amide bonds. The van der Waals surface area contributed by atoms with Crippen molar-refractivity contribution in [3.05, 3.63) is 46.6 Å². The van der Waals surface area contributed by atoms with E-state index in [0.717, 1.165) is 120 Å². The Morgan fingerprint density at radius 2 is 0.521 bits per heavy atom. The van der Waals surface area contributed by atoms with Crippen molar-refractivity contribution in [1.82, 2.24) is 0 Å². The molecule has 16 fully saturated rings. The number of aliphatic hydroxyl groups is 2. The van der Waals surface area contributed by atoms with Gasteiger partial charge in [-0.25, -0.2) is 0 Å². The summed E-state index contributed by atoms with van der Waals surface area (Å²) in [5.74, 6) is 4.16. The molecule has 20 aliphatic rings. The van der Waals surface area contributed by atoms with Gasteiger partial charge in [0.15, 0.2) is 11.6 Å². The van der Waals surface area contributed by atoms with Gasteiger partial charge in [0.2, 0.25) is 0 Å². The summed E-state index contributed by atoms with van der Waals surface area (Å²) < 4.78 is 11.3. The van der Waals surface area contributed by atoms with E-state index >= 15 is 0 Å². The van der Waals surface area contributed by atoms with E-state index in [9.17, 15) is 69.0 Å². The molecule has 0 heterocycles. The Bertz CT molecular complexity index is 5110. The monoisotopic (exact) mass is 1940 g/mol. The van der Waals surface area contributed by atoms with E-state index in [4.69, 9.17) is 9.47 Å². The SMILES string of the molecule is CC(=O)OC1CCC2(C)C(CCC3(C)C2C(=O)C=C2C4C(C)C(C)CCC4(C)CCC23C)C1(C)C(=O)O.CC(=O)OC1CCC2(C)C(CCC3(C)C2CC=C2C4C(C)C(C)CCC4(C)CCC23C)C1(C)C(=O)O.CC1CCC2(C)CCC3(C)C(=CC(=O)C4C5(C)CCC(O)C(C)(C(=O)O)C5CCC43C)C2C1C.CC1CCC2(C)CCC3(C)C(=CCC4C5(C)CCC(O)C(C)(C(=O)O)C5CCC43C)C2C1C. The van der Waals surface area contributed by atoms with Gasteiger partial charge in [-0.1, -0.05) is 201 Å². The van der Waals surface area contributed by atoms with E-state index in [0.29, 0.717) is 102 Å². The Labute approximate surface area is 844 Å². The minimum Gasteiger partial charge on any atom is -0.481 e. The van der Waals surface area contributed by atoms with Crippen LogP contribution in [0.2, 0.25) is 0 Å². The van der Waals surface area contributed by atoms with Crippen LogP contribution in [0.25, 0.3) is 0 Å². The topological polar surface area (TPSA) is 276 Å². The Balaban J connectivity index is 0.000000129. The summed E-state index contributed by atoms with van der Waals surface area (Å²) in [6, 6.07) is 0. The maximum Gasteiger partial charge on any atom is 0.313 e. The van der Waals surface area contributed by atoms with Crippen molar-refractivity contribution in [2.24, 2.45) is 227 Å². The lowest BCUT2D eigenvalue weighted by Gasteiger charge is -2.71. The maximum absolute atomic E-state index is 14.4. The van der Waals surface area contributed by atoms with Crippen molar-refractivity contribution in [3.8, 4) is 0 Å². The molecule has 0 aliphatic heterocycles. The number of rotatable bonds is 6. The van der Waals surface area contributed by atoms with Crippen LogP contribution in [0, 0.1) is 227 Å². The van der Waals surface area contributed by atoms with Gasteiger partial charge in [-0.05, 0) is 451 Å². The molecule has 140 heavy (non-hydrogen) atoms. The van der Waals surface area contributed by atoms with Crippen molar-refractivity contribution in [1.29, 1.82) is 0 Å². The molecule has 0 bridgehead atoms. The number of fused-ring (bicyclic) bond motifs is 28. The summed E-state index contributed by atoms with van der Waals surface area (Å²) in [7, 11) is 0. The summed E-state index contributed by atoms with van der Waals surface area (Å²) >= 11 is 0. The van der Waals surface area contributed by atoms with Crippen LogP contribution in [-0.2, 0) is 47.8 Å². The zero-order valence-electron chi connectivity index (χ0n) is 93.0. The lowest BCUT2D eigenvalue weighted by Crippen LogP contribution is -2.68. The van der Waals surface area contributed by atoms with Gasteiger partial charge < -0.3 is 40.1 Å². The van der Waals surface area contributed by atoms with E-state index in [1.807, 2.05) is 13.8 Å². The Morgan fingerprint density at radius 3 is 0.814 bits per heavy atom. The number of ketones is 2. The summed E-state index contributed by atoms with van der Waals surface area (Å²) in [4.78, 5) is 103. The number of hydrogen-bond donors (Lipinski definition) is 6. The molecule has 16 saturated carbocycles. The first-order valence-corrected chi connectivity index (χ1v) is 57.2. The van der Waals surface area contributed by atoms with E-state index in [1.165, 1.54) is 115 Å². The van der Waals surface area contributed by atoms with Crippen LogP contribution in [0.4, 0.5) is 0 Å². The van der Waals surface area contributed by atoms with Gasteiger partial charge in [-0.15, -0.1) is 0 Å². The number of ether oxygens (including phenoxy) is 2. The highest BCUT2D eigenvalue weighted by atomic mass is 16.6. The highest BCUT2D eigenvalue weighted by Crippen LogP contribution is 2.83. The second kappa shape index (κ2) is 34.3. The number of carbonyl (C=O) groups is 8. The second-order valence-corrected chi connectivity index (χ2v) is 58.9. The predicted octanol–water partition coefficient (Wildman–Crippen LogP) is 27.9. The van der Waals surface area contributed by atoms with Crippen molar-refractivity contribution in [2.75, 3.05) is 0 Å². The third kappa shape index (κ3) is 14.1. The molecular formula is C124H192O16. The molecule has 20 aliphatic carbocycles. The maximum atomic E-state index is 14.4. The molecule has 0 spiro atoms. The molecule has 0 aromatic carbocycles. The molecule has 44 unspecified atom stereocenters. The predicted molar refractivity (Wildman–Crippen MR) is 550 cm³/mol. The minimum atomic E-state index is -1.20. The first-order chi connectivity index (χ1) is 64.6. The molecule has 16 nitrogen and oxygen atoms in total. The zero-order chi connectivity index (χ0) is 103. The molecule has 20 rings (SSSR count). The Morgan fingerprint density at radius 1 is 0.279 bits per heavy atom. The average Bonchev–Trinajstić information content (AvgIpc) is 0.678. The van der Waals surface area contributed by atoms with Gasteiger partial charge >= 0.3 is 35.8 Å². The fourth-order valence-electron chi connectivity index (χ4n) is 43.7. The van der Waals surface area contributed by atoms with Crippen LogP contribution in [0.3, 0.4) is 0 Å². The number of carboxylic acids is 4. The van der Waals surface area contributed by atoms with Crippen LogP contribution in [0.5, 0.6) is 0 Å². The van der Waals surface area contributed by atoms with Crippen molar-refractivity contribution in [3.63, 3.8) is 0 Å². The minimum absolute atomic E-state index is 0.0136. The molecule has 44 atom stereocenters. The Hall–Kier alpha value is -4.96. The number of allylic oxidation sites excluding steroid dienone is 8. The highest BCUT2D eigenvalue weighted by Gasteiger charge is 2.78. The third-order valence-electron chi connectivity index (χ3n) is 54.0. The normalized spacial score (nSPS) is 55.5. The fraction of sp³-hybridized carbons (Fsp3) is 0.871. The summed E-state index contributed by atoms with van der Waals surface area (Å²) in [5, 5.41) is 63.3. The van der Waals surface area contributed by atoms with Gasteiger partial charge in [0, 0.05) is 25.7 Å². The van der Waals surface area contributed by atoms with Crippen LogP contribution in [-0.4, -0.2) is 102 Å². The number of carbonyl (C=O) groups excluding carboxylic acids is 4. The number of aliphatic hydroxyl groups excluding tert-OH is 2. The molecular weight excluding hydrogens is 1750 g/mol. The van der Waals surface area contributed by atoms with Crippen LogP contribution < -0.4 is 0 Å². The van der Waals surface area contributed by atoms with E-state index in [1.54, 1.807) is 25.0 Å². The standard InChI is InChI=1S/C32H48O5.C32H50O4.C30H46O4.C30H48O3/c1-18-9-12-28(4)15-16-30(6)21(25(28)19(18)2)17-22(34)26-29(5)13-11-24(37-20(3)33)32(8,27(35)36)23(29)10-14-31(26,30)7;1-19-11-14-28(4)17-18-30(6)22(26(28)20(19)2)9-10-23-29(5)15-13-25(36-21(3)33)32(8,27(34)35)24(29)12-16-31(23,30)7;1-17-8-11-26(3)14-15-28(5)19(23(26)18(17)2)16-20(31)24-27(4)12-10-22(32)30(7,25(33)34)21(27)9-13-29(24,28)6;1-18-10-13-26(3)16-17-28(5)20(24(26)19(18)2)8-9-21-27(4)14-12-23(31)30(7,25(32)33)22(27)11-15-29(21,28)6/h17-19,23-26H,9-16H2,1-8H3,(H,35,36);9,19-20,23-26H,10-18H2,1-8H3,(H,34,35);16-18,21-24,32H,8-15H2,1-7H3,(H,33,34);8,18-19,21-24,31H,9-17H2,1-7H3,(H,32,33). The molecule has 0 aromatic rings.